The van der Waals surface area contributed by atoms with Crippen LogP contribution in [-0.2, 0) is 19.4 Å². The largest absolute Gasteiger partial charge is 0.423 e. The van der Waals surface area contributed by atoms with E-state index < -0.39 is 11.9 Å². The van der Waals surface area contributed by atoms with Gasteiger partial charge in [-0.1, -0.05) is 26.0 Å². The van der Waals surface area contributed by atoms with Crippen molar-refractivity contribution < 1.29 is 48.2 Å². The van der Waals surface area contributed by atoms with Gasteiger partial charge in [0.15, 0.2) is 23.1 Å². The summed E-state index contributed by atoms with van der Waals surface area (Å²) in [5, 5.41) is 0. The van der Waals surface area contributed by atoms with Crippen LogP contribution >= 0.6 is 0 Å². The van der Waals surface area contributed by atoms with Crippen LogP contribution in [0.5, 0.6) is 23.0 Å². The fourth-order valence-electron chi connectivity index (χ4n) is 4.12. The maximum Gasteiger partial charge on any atom is 0.343 e. The molecule has 0 amide bonds. The van der Waals surface area contributed by atoms with E-state index in [0.717, 1.165) is 38.5 Å². The van der Waals surface area contributed by atoms with Crippen molar-refractivity contribution in [3.63, 3.8) is 0 Å². The predicted octanol–water partition coefficient (Wildman–Crippen LogP) is 7.69. The predicted molar refractivity (Wildman–Crippen MR) is 174 cm³/mol. The van der Waals surface area contributed by atoms with Crippen LogP contribution in [0, 0.1) is 6.92 Å². The van der Waals surface area contributed by atoms with Crippen molar-refractivity contribution in [2.75, 3.05) is 13.2 Å². The van der Waals surface area contributed by atoms with Gasteiger partial charge in [0.25, 0.3) is 0 Å². The lowest BCUT2D eigenvalue weighted by Crippen LogP contribution is -2.10. The van der Waals surface area contributed by atoms with Gasteiger partial charge in [-0.05, 0) is 117 Å². The molecule has 10 heteroatoms. The summed E-state index contributed by atoms with van der Waals surface area (Å²) in [4.78, 5) is 68.6. The molecule has 0 heterocycles. The van der Waals surface area contributed by atoms with E-state index in [2.05, 4.69) is 13.2 Å². The van der Waals surface area contributed by atoms with Crippen molar-refractivity contribution in [3.05, 3.63) is 109 Å². The molecular weight excluding hydrogens is 604 g/mol. The fourth-order valence-corrected chi connectivity index (χ4v) is 4.12. The van der Waals surface area contributed by atoms with Crippen LogP contribution in [0.25, 0.3) is 0 Å². The number of ether oxygens (including phenoxy) is 2. The van der Waals surface area contributed by atoms with E-state index in [-0.39, 0.29) is 17.3 Å². The van der Waals surface area contributed by atoms with Crippen LogP contribution in [0.15, 0.2) is 92.0 Å². The molecule has 0 aliphatic heterocycles. The molecule has 3 rings (SSSR count). The summed E-state index contributed by atoms with van der Waals surface area (Å²) < 4.78 is 11.0. The minimum atomic E-state index is -0.568. The Morgan fingerprint density at radius 3 is 1.47 bits per heavy atom. The number of ketones is 2. The van der Waals surface area contributed by atoms with Crippen molar-refractivity contribution in [3.8, 4) is 23.0 Å². The molecule has 3 aromatic rings. The molecule has 0 saturated carbocycles. The van der Waals surface area contributed by atoms with Crippen LogP contribution in [0.2, 0.25) is 0 Å². The smallest absolute Gasteiger partial charge is 0.343 e. The molecule has 0 aromatic heterocycles. The van der Waals surface area contributed by atoms with E-state index >= 15 is 0 Å². The van der Waals surface area contributed by atoms with Gasteiger partial charge < -0.3 is 19.2 Å². The second kappa shape index (κ2) is 20.1. The van der Waals surface area contributed by atoms with Crippen LogP contribution < -0.4 is 19.2 Å². The molecule has 47 heavy (non-hydrogen) atoms. The molecule has 0 aliphatic carbocycles. The Hall–Kier alpha value is -5.06. The lowest BCUT2D eigenvalue weighted by atomic mass is 10.1. The number of rotatable bonds is 22. The Kier molecular flexibility index (Phi) is 15.6. The maximum atomic E-state index is 12.7. The third-order valence-electron chi connectivity index (χ3n) is 6.81. The first-order valence-electron chi connectivity index (χ1n) is 15.4. The monoisotopic (exact) mass is 644 g/mol. The zero-order valence-corrected chi connectivity index (χ0v) is 26.6. The van der Waals surface area contributed by atoms with Crippen molar-refractivity contribution in [1.82, 2.24) is 0 Å². The number of aryl methyl sites for hydroxylation is 1. The summed E-state index contributed by atoms with van der Waals surface area (Å²) in [5.74, 6) is 0.410. The summed E-state index contributed by atoms with van der Waals surface area (Å²) in [6, 6.07) is 17.3. The van der Waals surface area contributed by atoms with Gasteiger partial charge in [0.1, 0.15) is 11.5 Å². The van der Waals surface area contributed by atoms with Gasteiger partial charge in [0, 0.05) is 12.8 Å². The van der Waals surface area contributed by atoms with E-state index in [1.807, 2.05) is 0 Å². The lowest BCUT2D eigenvalue weighted by Gasteiger charge is -2.11. The lowest BCUT2D eigenvalue weighted by molar-refractivity contribution is -0.207. The van der Waals surface area contributed by atoms with E-state index in [4.69, 9.17) is 29.0 Å². The van der Waals surface area contributed by atoms with Gasteiger partial charge >= 0.3 is 11.9 Å². The maximum absolute atomic E-state index is 12.7. The molecule has 10 nitrogen and oxygen atoms in total. The number of carbonyl (C=O) groups excluding carboxylic acids is 4. The minimum absolute atomic E-state index is 0.0333. The van der Waals surface area contributed by atoms with Gasteiger partial charge in [-0.2, -0.15) is 9.78 Å². The molecule has 0 atom stereocenters. The SMILES string of the molecule is C=CC(=O)CCCCCOOc1ccc(C(=O)Oc2ccc(OC(=O)c3ccc(OOCCCCCC(=O)C=C)cc3)c(C)c2)cc1. The third-order valence-corrected chi connectivity index (χ3v) is 6.81. The molecule has 0 N–H and O–H groups in total. The molecule has 0 unspecified atom stereocenters. The first-order valence-corrected chi connectivity index (χ1v) is 15.4. The Labute approximate surface area is 274 Å². The summed E-state index contributed by atoms with van der Waals surface area (Å²) in [5.41, 5.74) is 1.22. The molecule has 0 saturated heterocycles. The van der Waals surface area contributed by atoms with Crippen LogP contribution in [-0.4, -0.2) is 36.7 Å². The number of esters is 2. The fraction of sp³-hybridized carbons (Fsp3) is 0.297. The first kappa shape index (κ1) is 36.4. The highest BCUT2D eigenvalue weighted by molar-refractivity contribution is 5.92. The van der Waals surface area contributed by atoms with Crippen molar-refractivity contribution >= 4 is 23.5 Å². The second-order valence-corrected chi connectivity index (χ2v) is 10.5. The highest BCUT2D eigenvalue weighted by Gasteiger charge is 2.14. The Bertz CT molecular complexity index is 1490. The van der Waals surface area contributed by atoms with E-state index in [1.165, 1.54) is 18.2 Å². The zero-order valence-electron chi connectivity index (χ0n) is 26.6. The summed E-state index contributed by atoms with van der Waals surface area (Å²) in [6.07, 6.45) is 8.32. The number of allylic oxidation sites excluding steroid dienone is 2. The summed E-state index contributed by atoms with van der Waals surface area (Å²) in [7, 11) is 0. The number of hydrogen-bond acceptors (Lipinski definition) is 10. The van der Waals surface area contributed by atoms with Gasteiger partial charge in [0.2, 0.25) is 0 Å². The minimum Gasteiger partial charge on any atom is -0.423 e. The molecule has 0 spiro atoms. The van der Waals surface area contributed by atoms with E-state index in [1.54, 1.807) is 67.6 Å². The van der Waals surface area contributed by atoms with Crippen LogP contribution in [0.1, 0.15) is 77.6 Å². The zero-order chi connectivity index (χ0) is 33.9. The number of benzene rings is 3. The average Bonchev–Trinajstić information content (AvgIpc) is 3.08. The Balaban J connectivity index is 1.38. The second-order valence-electron chi connectivity index (χ2n) is 10.5. The quantitative estimate of drug-likeness (QED) is 0.0269. The van der Waals surface area contributed by atoms with E-state index in [9.17, 15) is 19.2 Å². The standard InChI is InChI=1S/C37H40O10/c1-4-30(38)12-8-6-10-24-42-46-32-18-14-28(15-19-32)36(40)44-34-22-23-35(27(3)26-34)45-37(41)29-16-20-33(21-17-29)47-43-25-11-7-9-13-31(39)5-2/h4-5,14-23,26H,1-2,6-13,24-25H2,3H3. The average molecular weight is 645 g/mol. The summed E-state index contributed by atoms with van der Waals surface area (Å²) in [6.45, 7) is 9.38. The van der Waals surface area contributed by atoms with Gasteiger partial charge in [0.05, 0.1) is 24.3 Å². The number of hydrogen-bond donors (Lipinski definition) is 0. The highest BCUT2D eigenvalue weighted by atomic mass is 17.2. The van der Waals surface area contributed by atoms with Crippen molar-refractivity contribution in [1.29, 1.82) is 0 Å². The molecule has 248 valence electrons. The highest BCUT2D eigenvalue weighted by Crippen LogP contribution is 2.26. The van der Waals surface area contributed by atoms with Crippen molar-refractivity contribution in [2.24, 2.45) is 0 Å². The molecule has 0 aliphatic rings. The van der Waals surface area contributed by atoms with Gasteiger partial charge in [-0.3, -0.25) is 9.59 Å². The molecule has 0 radical (unpaired) electrons. The number of unbranched alkanes of at least 4 members (excludes halogenated alkanes) is 4. The first-order chi connectivity index (χ1) is 22.8. The van der Waals surface area contributed by atoms with Gasteiger partial charge in [-0.25, -0.2) is 9.59 Å². The topological polar surface area (TPSA) is 124 Å². The molecule has 0 bridgehead atoms. The number of carbonyl (C=O) groups is 4. The normalized spacial score (nSPS) is 10.5. The summed E-state index contributed by atoms with van der Waals surface area (Å²) >= 11 is 0. The third kappa shape index (κ3) is 13.4. The molecule has 3 aromatic carbocycles. The van der Waals surface area contributed by atoms with Gasteiger partial charge in [-0.15, -0.1) is 0 Å². The molecular formula is C37H40O10. The van der Waals surface area contributed by atoms with Crippen LogP contribution in [0.3, 0.4) is 0 Å². The van der Waals surface area contributed by atoms with Crippen LogP contribution in [0.4, 0.5) is 0 Å². The Morgan fingerprint density at radius 2 is 1.02 bits per heavy atom. The molecule has 0 fully saturated rings. The Morgan fingerprint density at radius 1 is 0.574 bits per heavy atom. The van der Waals surface area contributed by atoms with Crippen molar-refractivity contribution in [2.45, 2.75) is 58.3 Å². The van der Waals surface area contributed by atoms with E-state index in [0.29, 0.717) is 60.0 Å².